The molecule has 3 saturated carbocycles. The molecule has 0 aliphatic heterocycles. The molecule has 0 aromatic heterocycles. The number of halogens is 6. The smallest absolute Gasteiger partial charge is 0.449 e. The standard InChI is InChI=1S/C7H7BF6NO.K/c9-7(10,11)4(16)15-6-1-5(2-6,3-6)8(12,13)14;/h1-3H2,(H,15,16);/q-1;+1. The summed E-state index contributed by atoms with van der Waals surface area (Å²) in [6, 6.07) is 0. The SMILES string of the molecule is O=C(NC12CC([B-](F)(F)F)(C1)C2)C(F)(F)F.[K+]. The predicted molar refractivity (Wildman–Crippen MR) is 42.6 cm³/mol. The van der Waals surface area contributed by atoms with Crippen LogP contribution in [0.5, 0.6) is 0 Å². The maximum Gasteiger partial charge on any atom is 1.00 e. The number of rotatable bonds is 2. The van der Waals surface area contributed by atoms with Crippen LogP contribution in [0.3, 0.4) is 0 Å². The first-order chi connectivity index (χ1) is 7.00. The van der Waals surface area contributed by atoms with Gasteiger partial charge in [0.25, 0.3) is 0 Å². The third-order valence-electron chi connectivity index (χ3n) is 3.40. The first-order valence-electron chi connectivity index (χ1n) is 4.59. The first kappa shape index (κ1) is 15.8. The van der Waals surface area contributed by atoms with Gasteiger partial charge in [-0.25, -0.2) is 0 Å². The van der Waals surface area contributed by atoms with E-state index < -0.39 is 49.2 Å². The van der Waals surface area contributed by atoms with Crippen molar-refractivity contribution in [3.05, 3.63) is 0 Å². The molecule has 0 spiro atoms. The third-order valence-corrected chi connectivity index (χ3v) is 3.40. The van der Waals surface area contributed by atoms with Gasteiger partial charge in [0.15, 0.2) is 0 Å². The van der Waals surface area contributed by atoms with E-state index in [4.69, 9.17) is 0 Å². The molecule has 2 nitrogen and oxygen atoms in total. The number of hydrogen-bond acceptors (Lipinski definition) is 1. The van der Waals surface area contributed by atoms with E-state index in [2.05, 4.69) is 0 Å². The fourth-order valence-corrected chi connectivity index (χ4v) is 2.66. The summed E-state index contributed by atoms with van der Waals surface area (Å²) >= 11 is 0. The minimum absolute atomic E-state index is 0. The van der Waals surface area contributed by atoms with Gasteiger partial charge in [-0.1, -0.05) is 5.31 Å². The zero-order valence-corrected chi connectivity index (χ0v) is 12.0. The molecule has 0 radical (unpaired) electrons. The topological polar surface area (TPSA) is 29.1 Å². The van der Waals surface area contributed by atoms with Gasteiger partial charge in [0.2, 0.25) is 0 Å². The van der Waals surface area contributed by atoms with Crippen LogP contribution in [0, 0.1) is 0 Å². The molecule has 3 fully saturated rings. The second-order valence-corrected chi connectivity index (χ2v) is 4.70. The van der Waals surface area contributed by atoms with Crippen LogP contribution in [-0.4, -0.2) is 24.6 Å². The predicted octanol–water partition coefficient (Wildman–Crippen LogP) is -0.807. The molecule has 0 atom stereocenters. The number of nitrogens with one attached hydrogen (secondary N) is 1. The van der Waals surface area contributed by atoms with E-state index in [9.17, 15) is 30.9 Å². The summed E-state index contributed by atoms with van der Waals surface area (Å²) in [7, 11) is 0. The molecule has 0 heterocycles. The molecule has 3 aliphatic rings. The van der Waals surface area contributed by atoms with Crippen molar-refractivity contribution in [3.8, 4) is 0 Å². The molecule has 0 aromatic rings. The summed E-state index contributed by atoms with van der Waals surface area (Å²) < 4.78 is 72.7. The van der Waals surface area contributed by atoms with Gasteiger partial charge in [-0.15, -0.1) is 0 Å². The summed E-state index contributed by atoms with van der Waals surface area (Å²) in [6.45, 7) is -5.03. The maximum absolute atomic E-state index is 12.4. The van der Waals surface area contributed by atoms with Gasteiger partial charge in [-0.3, -0.25) is 4.79 Å². The number of hydrogen-bond donors (Lipinski definition) is 1. The summed E-state index contributed by atoms with van der Waals surface area (Å²) in [6.07, 6.45) is -6.27. The molecule has 0 saturated heterocycles. The summed E-state index contributed by atoms with van der Waals surface area (Å²) in [5.41, 5.74) is -1.26. The molecule has 17 heavy (non-hydrogen) atoms. The molecule has 3 aliphatic carbocycles. The van der Waals surface area contributed by atoms with Crippen molar-refractivity contribution in [2.24, 2.45) is 0 Å². The second kappa shape index (κ2) is 4.12. The molecule has 3 rings (SSSR count). The minimum atomic E-state index is -5.04. The Hall–Kier alpha value is 0.751. The van der Waals surface area contributed by atoms with Crippen LogP contribution in [-0.2, 0) is 4.79 Å². The first-order valence-corrected chi connectivity index (χ1v) is 4.59. The van der Waals surface area contributed by atoms with Gasteiger partial charge < -0.3 is 18.3 Å². The number of carbonyl (C=O) groups excluding carboxylic acids is 1. The Bertz CT molecular complexity index is 333. The Balaban J connectivity index is 0.00000144. The molecule has 10 heteroatoms. The van der Waals surface area contributed by atoms with Crippen LogP contribution in [0.2, 0.25) is 5.31 Å². The Morgan fingerprint density at radius 3 is 1.82 bits per heavy atom. The Morgan fingerprint density at radius 1 is 1.12 bits per heavy atom. The van der Waals surface area contributed by atoms with Gasteiger partial charge in [0, 0.05) is 5.54 Å². The second-order valence-electron chi connectivity index (χ2n) is 4.70. The summed E-state index contributed by atoms with van der Waals surface area (Å²) in [4.78, 5) is 10.5. The normalized spacial score (nSPS) is 35.2. The van der Waals surface area contributed by atoms with Crippen LogP contribution in [0.15, 0.2) is 0 Å². The van der Waals surface area contributed by atoms with Gasteiger partial charge >= 0.3 is 70.4 Å². The number of alkyl halides is 3. The Morgan fingerprint density at radius 2 is 1.53 bits per heavy atom. The van der Waals surface area contributed by atoms with E-state index in [-0.39, 0.29) is 51.4 Å². The molecule has 92 valence electrons. The third kappa shape index (κ3) is 2.43. The van der Waals surface area contributed by atoms with Crippen molar-refractivity contribution in [2.75, 3.05) is 0 Å². The van der Waals surface area contributed by atoms with E-state index in [0.29, 0.717) is 0 Å². The number of amides is 1. The molecule has 0 aromatic carbocycles. The Kier molecular flexibility index (Phi) is 3.83. The Labute approximate surface area is 135 Å². The van der Waals surface area contributed by atoms with Gasteiger partial charge in [-0.2, -0.15) is 13.2 Å². The summed E-state index contributed by atoms with van der Waals surface area (Å²) in [5.74, 6) is -2.16. The molecule has 2 bridgehead atoms. The van der Waals surface area contributed by atoms with Crippen molar-refractivity contribution in [1.82, 2.24) is 5.32 Å². The van der Waals surface area contributed by atoms with Gasteiger partial charge in [0.1, 0.15) is 0 Å². The van der Waals surface area contributed by atoms with Gasteiger partial charge in [-0.05, 0) is 19.3 Å². The van der Waals surface area contributed by atoms with E-state index in [0.717, 1.165) is 0 Å². The van der Waals surface area contributed by atoms with Crippen LogP contribution in [0.1, 0.15) is 19.3 Å². The van der Waals surface area contributed by atoms with Gasteiger partial charge in [0.05, 0.1) is 0 Å². The fourth-order valence-electron chi connectivity index (χ4n) is 2.66. The average Bonchev–Trinajstić information content (AvgIpc) is 1.87. The quantitative estimate of drug-likeness (QED) is 0.522. The molecule has 1 N–H and O–H groups in total. The van der Waals surface area contributed by atoms with Crippen LogP contribution >= 0.6 is 0 Å². The molecular formula is C7H7BF6KNO. The van der Waals surface area contributed by atoms with E-state index >= 15 is 0 Å². The fraction of sp³-hybridized carbons (Fsp3) is 0.857. The van der Waals surface area contributed by atoms with E-state index in [1.54, 1.807) is 5.32 Å². The van der Waals surface area contributed by atoms with Crippen molar-refractivity contribution < 1.29 is 82.3 Å². The maximum atomic E-state index is 12.4. The zero-order valence-electron chi connectivity index (χ0n) is 8.87. The average molecular weight is 285 g/mol. The minimum Gasteiger partial charge on any atom is -0.449 e. The molecular weight excluding hydrogens is 278 g/mol. The van der Waals surface area contributed by atoms with Crippen molar-refractivity contribution in [3.63, 3.8) is 0 Å². The number of carbonyl (C=O) groups is 1. The zero-order chi connectivity index (χ0) is 12.4. The molecule has 1 amide bonds. The largest absolute Gasteiger partial charge is 1.00 e. The van der Waals surface area contributed by atoms with Crippen LogP contribution < -0.4 is 56.7 Å². The van der Waals surface area contributed by atoms with Crippen molar-refractivity contribution in [1.29, 1.82) is 0 Å². The van der Waals surface area contributed by atoms with Crippen molar-refractivity contribution in [2.45, 2.75) is 36.3 Å². The van der Waals surface area contributed by atoms with E-state index in [1.165, 1.54) is 0 Å². The monoisotopic (exact) mass is 285 g/mol. The van der Waals surface area contributed by atoms with Crippen LogP contribution in [0.4, 0.5) is 26.1 Å². The summed E-state index contributed by atoms with van der Waals surface area (Å²) in [5, 5.41) is -0.151. The van der Waals surface area contributed by atoms with E-state index in [1.807, 2.05) is 0 Å². The van der Waals surface area contributed by atoms with Crippen molar-refractivity contribution >= 4 is 12.9 Å². The molecule has 0 unspecified atom stereocenters. The van der Waals surface area contributed by atoms with Crippen LogP contribution in [0.25, 0.3) is 0 Å².